The molecule has 3 aromatic carbocycles. The number of nitro benzene ring substituents is 1. The molecular weight excluding hydrogens is 458 g/mol. The summed E-state index contributed by atoms with van der Waals surface area (Å²) in [5.41, 5.74) is 0.0579. The van der Waals surface area contributed by atoms with Gasteiger partial charge in [0.2, 0.25) is 0 Å². The van der Waals surface area contributed by atoms with Gasteiger partial charge >= 0.3 is 0 Å². The number of nitrogens with zero attached hydrogens (tertiary/aromatic N) is 1. The number of non-ortho nitro benzene ring substituents is 1. The first kappa shape index (κ1) is 23.0. The standard InChI is InChI=1S/C21H18ClN3O6S/c22-20-10-9-16(25(27)28)14-19(20)21(26)23-11-12-31-17-6-4-5-15(13-17)24-32(29,30)18-7-2-1-3-8-18/h1-10,13-14,24H,11-12H2,(H,23,26). The normalized spacial score (nSPS) is 10.9. The molecule has 3 aromatic rings. The van der Waals surface area contributed by atoms with E-state index < -0.39 is 20.9 Å². The summed E-state index contributed by atoms with van der Waals surface area (Å²) in [7, 11) is -3.73. The summed E-state index contributed by atoms with van der Waals surface area (Å²) >= 11 is 5.95. The number of benzene rings is 3. The van der Waals surface area contributed by atoms with Crippen molar-refractivity contribution in [2.24, 2.45) is 0 Å². The van der Waals surface area contributed by atoms with Gasteiger partial charge in [0, 0.05) is 18.2 Å². The molecule has 9 nitrogen and oxygen atoms in total. The van der Waals surface area contributed by atoms with E-state index in [9.17, 15) is 23.3 Å². The number of anilines is 1. The Labute approximate surface area is 189 Å². The lowest BCUT2D eigenvalue weighted by Crippen LogP contribution is -2.28. The van der Waals surface area contributed by atoms with Crippen LogP contribution in [0.2, 0.25) is 5.02 Å². The van der Waals surface area contributed by atoms with Crippen molar-refractivity contribution in [3.05, 3.63) is 93.5 Å². The van der Waals surface area contributed by atoms with Crippen molar-refractivity contribution in [3.63, 3.8) is 0 Å². The molecule has 0 unspecified atom stereocenters. The zero-order valence-corrected chi connectivity index (χ0v) is 18.1. The Kier molecular flexibility index (Phi) is 7.29. The molecule has 0 aliphatic heterocycles. The number of carbonyl (C=O) groups excluding carboxylic acids is 1. The van der Waals surface area contributed by atoms with E-state index in [1.54, 1.807) is 36.4 Å². The van der Waals surface area contributed by atoms with E-state index in [0.717, 1.165) is 6.07 Å². The Hall–Kier alpha value is -3.63. The van der Waals surface area contributed by atoms with Gasteiger partial charge in [-0.3, -0.25) is 19.6 Å². The number of sulfonamides is 1. The lowest BCUT2D eigenvalue weighted by atomic mass is 10.2. The summed E-state index contributed by atoms with van der Waals surface area (Å²) < 4.78 is 32.9. The van der Waals surface area contributed by atoms with Crippen molar-refractivity contribution in [2.45, 2.75) is 4.90 Å². The topological polar surface area (TPSA) is 128 Å². The van der Waals surface area contributed by atoms with Crippen LogP contribution in [0.4, 0.5) is 11.4 Å². The van der Waals surface area contributed by atoms with Gasteiger partial charge in [0.15, 0.2) is 0 Å². The van der Waals surface area contributed by atoms with Crippen LogP contribution in [0.5, 0.6) is 5.75 Å². The number of carbonyl (C=O) groups is 1. The van der Waals surface area contributed by atoms with Gasteiger partial charge in [0.05, 0.1) is 32.6 Å². The first-order valence-corrected chi connectivity index (χ1v) is 11.2. The molecule has 0 bridgehead atoms. The highest BCUT2D eigenvalue weighted by Gasteiger charge is 2.16. The Bertz CT molecular complexity index is 1240. The predicted molar refractivity (Wildman–Crippen MR) is 120 cm³/mol. The van der Waals surface area contributed by atoms with Gasteiger partial charge in [-0.15, -0.1) is 0 Å². The van der Waals surface area contributed by atoms with E-state index in [1.165, 1.54) is 30.3 Å². The monoisotopic (exact) mass is 475 g/mol. The van der Waals surface area contributed by atoms with Crippen molar-refractivity contribution in [1.82, 2.24) is 5.32 Å². The predicted octanol–water partition coefficient (Wildman–Crippen LogP) is 3.86. The van der Waals surface area contributed by atoms with Crippen LogP contribution >= 0.6 is 11.6 Å². The average Bonchev–Trinajstić information content (AvgIpc) is 2.77. The number of halogens is 1. The van der Waals surface area contributed by atoms with Crippen molar-refractivity contribution in [1.29, 1.82) is 0 Å². The Morgan fingerprint density at radius 1 is 1.03 bits per heavy atom. The number of rotatable bonds is 9. The maximum atomic E-state index is 12.4. The van der Waals surface area contributed by atoms with E-state index in [4.69, 9.17) is 16.3 Å². The lowest BCUT2D eigenvalue weighted by Gasteiger charge is -2.11. The summed E-state index contributed by atoms with van der Waals surface area (Å²) in [5, 5.41) is 13.5. The van der Waals surface area contributed by atoms with Crippen LogP contribution in [0.15, 0.2) is 77.7 Å². The van der Waals surface area contributed by atoms with Gasteiger partial charge in [0.1, 0.15) is 12.4 Å². The molecule has 0 heterocycles. The molecule has 2 N–H and O–H groups in total. The second-order valence-electron chi connectivity index (χ2n) is 6.47. The molecule has 166 valence electrons. The summed E-state index contributed by atoms with van der Waals surface area (Å²) in [5.74, 6) is -0.187. The summed E-state index contributed by atoms with van der Waals surface area (Å²) in [4.78, 5) is 22.6. The first-order valence-electron chi connectivity index (χ1n) is 9.29. The van der Waals surface area contributed by atoms with E-state index in [1.807, 2.05) is 0 Å². The third-order valence-electron chi connectivity index (χ3n) is 4.20. The molecule has 0 aliphatic rings. The van der Waals surface area contributed by atoms with E-state index in [2.05, 4.69) is 10.0 Å². The molecular formula is C21H18ClN3O6S. The zero-order chi connectivity index (χ0) is 23.1. The van der Waals surface area contributed by atoms with Gasteiger partial charge in [-0.25, -0.2) is 8.42 Å². The number of nitrogens with one attached hydrogen (secondary N) is 2. The van der Waals surface area contributed by atoms with E-state index in [-0.39, 0.29) is 34.3 Å². The summed E-state index contributed by atoms with van der Waals surface area (Å²) in [6.07, 6.45) is 0. The largest absolute Gasteiger partial charge is 0.492 e. The maximum Gasteiger partial charge on any atom is 0.270 e. The number of nitro groups is 1. The van der Waals surface area contributed by atoms with Crippen LogP contribution < -0.4 is 14.8 Å². The van der Waals surface area contributed by atoms with Crippen LogP contribution in [-0.2, 0) is 10.0 Å². The molecule has 0 saturated carbocycles. The Morgan fingerprint density at radius 3 is 2.50 bits per heavy atom. The number of hydrogen-bond acceptors (Lipinski definition) is 6. The summed E-state index contributed by atoms with van der Waals surface area (Å²) in [6.45, 7) is 0.172. The highest BCUT2D eigenvalue weighted by atomic mass is 35.5. The van der Waals surface area contributed by atoms with Crippen molar-refractivity contribution >= 4 is 38.9 Å². The maximum absolute atomic E-state index is 12.4. The molecule has 0 radical (unpaired) electrons. The van der Waals surface area contributed by atoms with Crippen LogP contribution in [0, 0.1) is 10.1 Å². The second-order valence-corrected chi connectivity index (χ2v) is 8.56. The zero-order valence-electron chi connectivity index (χ0n) is 16.5. The molecule has 0 atom stereocenters. The molecule has 0 aromatic heterocycles. The van der Waals surface area contributed by atoms with Gasteiger partial charge in [-0.2, -0.15) is 0 Å². The molecule has 0 fully saturated rings. The van der Waals surface area contributed by atoms with Crippen molar-refractivity contribution in [2.75, 3.05) is 17.9 Å². The minimum atomic E-state index is -3.73. The summed E-state index contributed by atoms with van der Waals surface area (Å²) in [6, 6.07) is 17.9. The van der Waals surface area contributed by atoms with E-state index in [0.29, 0.717) is 11.4 Å². The fraction of sp³-hybridized carbons (Fsp3) is 0.0952. The third-order valence-corrected chi connectivity index (χ3v) is 5.93. The third kappa shape index (κ3) is 5.96. The molecule has 0 spiro atoms. The minimum Gasteiger partial charge on any atom is -0.492 e. The molecule has 32 heavy (non-hydrogen) atoms. The van der Waals surface area contributed by atoms with Crippen molar-refractivity contribution < 1.29 is 22.9 Å². The fourth-order valence-corrected chi connectivity index (χ4v) is 3.97. The van der Waals surface area contributed by atoms with Crippen LogP contribution in [0.1, 0.15) is 10.4 Å². The molecule has 0 saturated heterocycles. The average molecular weight is 476 g/mol. The van der Waals surface area contributed by atoms with Gasteiger partial charge in [0.25, 0.3) is 21.6 Å². The molecule has 11 heteroatoms. The number of hydrogen-bond donors (Lipinski definition) is 2. The number of amides is 1. The first-order chi connectivity index (χ1) is 15.3. The lowest BCUT2D eigenvalue weighted by molar-refractivity contribution is -0.384. The van der Waals surface area contributed by atoms with Crippen LogP contribution in [0.3, 0.4) is 0 Å². The molecule has 0 aliphatic carbocycles. The highest BCUT2D eigenvalue weighted by molar-refractivity contribution is 7.92. The Morgan fingerprint density at radius 2 is 1.78 bits per heavy atom. The molecule has 3 rings (SSSR count). The van der Waals surface area contributed by atoms with Crippen LogP contribution in [-0.4, -0.2) is 32.4 Å². The SMILES string of the molecule is O=C(NCCOc1cccc(NS(=O)(=O)c2ccccc2)c1)c1cc([N+](=O)[O-])ccc1Cl. The smallest absolute Gasteiger partial charge is 0.270 e. The van der Waals surface area contributed by atoms with E-state index >= 15 is 0 Å². The minimum absolute atomic E-state index is 0.0156. The second kappa shape index (κ2) is 10.1. The highest BCUT2D eigenvalue weighted by Crippen LogP contribution is 2.22. The number of ether oxygens (including phenoxy) is 1. The Balaban J connectivity index is 1.56. The quantitative estimate of drug-likeness (QED) is 0.275. The van der Waals surface area contributed by atoms with Crippen LogP contribution in [0.25, 0.3) is 0 Å². The van der Waals surface area contributed by atoms with Gasteiger partial charge in [-0.1, -0.05) is 35.9 Å². The van der Waals surface area contributed by atoms with Gasteiger partial charge in [-0.05, 0) is 30.3 Å². The van der Waals surface area contributed by atoms with Gasteiger partial charge < -0.3 is 10.1 Å². The fourth-order valence-electron chi connectivity index (χ4n) is 2.69. The molecule has 1 amide bonds. The van der Waals surface area contributed by atoms with Crippen molar-refractivity contribution in [3.8, 4) is 5.75 Å².